The highest BCUT2D eigenvalue weighted by atomic mass is 35.5. The Kier molecular flexibility index (Phi) is 3.80. The van der Waals surface area contributed by atoms with E-state index in [1.807, 2.05) is 4.57 Å². The maximum atomic E-state index is 5.90. The number of pyridine rings is 1. The zero-order chi connectivity index (χ0) is 15.6. The quantitative estimate of drug-likeness (QED) is 0.716. The lowest BCUT2D eigenvalue weighted by Crippen LogP contribution is -2.38. The number of aromatic nitrogens is 5. The smallest absolute Gasteiger partial charge is 0.159 e. The van der Waals surface area contributed by atoms with Crippen molar-refractivity contribution in [3.8, 4) is 5.82 Å². The van der Waals surface area contributed by atoms with Gasteiger partial charge in [0, 0.05) is 18.7 Å². The van der Waals surface area contributed by atoms with Gasteiger partial charge in [-0.2, -0.15) is 0 Å². The molecule has 1 unspecified atom stereocenters. The zero-order valence-corrected chi connectivity index (χ0v) is 13.2. The number of anilines is 1. The van der Waals surface area contributed by atoms with Gasteiger partial charge in [0.25, 0.3) is 0 Å². The number of piperidine rings is 1. The number of fused-ring (bicyclic) bond motifs is 1. The Bertz CT molecular complexity index is 826. The molecule has 1 aliphatic heterocycles. The van der Waals surface area contributed by atoms with Crippen LogP contribution in [-0.4, -0.2) is 43.6 Å². The second-order valence-corrected chi connectivity index (χ2v) is 5.95. The summed E-state index contributed by atoms with van der Waals surface area (Å²) in [7, 11) is 0. The van der Waals surface area contributed by atoms with E-state index in [4.69, 9.17) is 11.6 Å². The van der Waals surface area contributed by atoms with Gasteiger partial charge < -0.3 is 10.6 Å². The van der Waals surface area contributed by atoms with Crippen molar-refractivity contribution in [3.63, 3.8) is 0 Å². The molecule has 3 aromatic heterocycles. The minimum absolute atomic E-state index is 0.383. The molecule has 8 heteroatoms. The van der Waals surface area contributed by atoms with E-state index in [1.165, 1.54) is 6.42 Å². The minimum atomic E-state index is 0.383. The maximum Gasteiger partial charge on any atom is 0.159 e. The molecule has 118 valence electrons. The number of halogens is 1. The van der Waals surface area contributed by atoms with Crippen LogP contribution in [0.4, 0.5) is 5.82 Å². The third-order valence-electron chi connectivity index (χ3n) is 3.92. The maximum absolute atomic E-state index is 5.90. The molecule has 1 fully saturated rings. The Morgan fingerprint density at radius 1 is 1.26 bits per heavy atom. The first kappa shape index (κ1) is 14.3. The molecule has 1 aliphatic rings. The number of hydrogen-bond acceptors (Lipinski definition) is 6. The predicted molar refractivity (Wildman–Crippen MR) is 89.0 cm³/mol. The molecule has 0 amide bonds. The molecule has 1 saturated heterocycles. The van der Waals surface area contributed by atoms with Crippen molar-refractivity contribution in [2.75, 3.05) is 18.4 Å². The van der Waals surface area contributed by atoms with E-state index >= 15 is 0 Å². The second kappa shape index (κ2) is 6.10. The van der Waals surface area contributed by atoms with Crippen LogP contribution in [0.25, 0.3) is 16.9 Å². The molecule has 4 heterocycles. The normalized spacial score (nSPS) is 18.2. The van der Waals surface area contributed by atoms with Crippen LogP contribution < -0.4 is 10.6 Å². The first-order valence-corrected chi connectivity index (χ1v) is 7.96. The third kappa shape index (κ3) is 2.97. The molecule has 2 N–H and O–H groups in total. The van der Waals surface area contributed by atoms with Crippen LogP contribution in [0.2, 0.25) is 5.15 Å². The molecule has 0 spiro atoms. The topological polar surface area (TPSA) is 80.5 Å². The highest BCUT2D eigenvalue weighted by Crippen LogP contribution is 2.19. The summed E-state index contributed by atoms with van der Waals surface area (Å²) in [5, 5.41) is 7.24. The predicted octanol–water partition coefficient (Wildman–Crippen LogP) is 2.03. The number of rotatable bonds is 3. The molecule has 0 aliphatic carbocycles. The fraction of sp³-hybridized carbons (Fsp3) is 0.333. The summed E-state index contributed by atoms with van der Waals surface area (Å²) in [6.07, 6.45) is 9.15. The van der Waals surface area contributed by atoms with E-state index in [2.05, 4.69) is 30.6 Å². The molecule has 23 heavy (non-hydrogen) atoms. The number of nitrogens with one attached hydrogen (secondary N) is 2. The van der Waals surface area contributed by atoms with Crippen LogP contribution >= 0.6 is 11.6 Å². The minimum Gasteiger partial charge on any atom is -0.365 e. The summed E-state index contributed by atoms with van der Waals surface area (Å²) >= 11 is 5.90. The van der Waals surface area contributed by atoms with Gasteiger partial charge in [0.15, 0.2) is 5.82 Å². The summed E-state index contributed by atoms with van der Waals surface area (Å²) in [6.45, 7) is 2.03. The van der Waals surface area contributed by atoms with Gasteiger partial charge in [0.2, 0.25) is 0 Å². The highest BCUT2D eigenvalue weighted by Gasteiger charge is 2.14. The lowest BCUT2D eigenvalue weighted by molar-refractivity contribution is 0.479. The molecule has 1 atom stereocenters. The summed E-state index contributed by atoms with van der Waals surface area (Å²) in [6, 6.07) is 2.12. The Labute approximate surface area is 138 Å². The molecule has 0 bridgehead atoms. The molecule has 7 nitrogen and oxygen atoms in total. The Morgan fingerprint density at radius 3 is 3.09 bits per heavy atom. The SMILES string of the molecule is Clc1cc2ncn(-c3cncc(NC4CCCNC4)n3)c2cn1. The summed E-state index contributed by atoms with van der Waals surface area (Å²) in [5.41, 5.74) is 1.63. The molecule has 0 radical (unpaired) electrons. The van der Waals surface area contributed by atoms with Crippen LogP contribution in [0, 0.1) is 0 Å². The fourth-order valence-electron chi connectivity index (χ4n) is 2.79. The molecule has 3 aromatic rings. The van der Waals surface area contributed by atoms with Crippen molar-refractivity contribution < 1.29 is 0 Å². The first-order valence-electron chi connectivity index (χ1n) is 7.58. The standard InChI is InChI=1S/C15H16ClN7/c16-13-4-11-12(6-19-13)23(9-20-11)15-8-18-7-14(22-15)21-10-2-1-3-17-5-10/h4,6-10,17H,1-3,5H2,(H,21,22). The fourth-order valence-corrected chi connectivity index (χ4v) is 2.94. The largest absolute Gasteiger partial charge is 0.365 e. The Morgan fingerprint density at radius 2 is 2.22 bits per heavy atom. The van der Waals surface area contributed by atoms with E-state index in [-0.39, 0.29) is 0 Å². The van der Waals surface area contributed by atoms with Gasteiger partial charge in [-0.25, -0.2) is 15.0 Å². The summed E-state index contributed by atoms with van der Waals surface area (Å²) < 4.78 is 1.86. The molecular formula is C15H16ClN7. The first-order chi connectivity index (χ1) is 11.3. The molecule has 0 aromatic carbocycles. The van der Waals surface area contributed by atoms with Crippen LogP contribution in [-0.2, 0) is 0 Å². The van der Waals surface area contributed by atoms with E-state index in [0.717, 1.165) is 36.4 Å². The van der Waals surface area contributed by atoms with Crippen LogP contribution in [0.1, 0.15) is 12.8 Å². The van der Waals surface area contributed by atoms with E-state index in [9.17, 15) is 0 Å². The van der Waals surface area contributed by atoms with E-state index in [1.54, 1.807) is 31.0 Å². The van der Waals surface area contributed by atoms with Crippen molar-refractivity contribution in [1.82, 2.24) is 29.8 Å². The monoisotopic (exact) mass is 329 g/mol. The average molecular weight is 330 g/mol. The average Bonchev–Trinajstić information content (AvgIpc) is 2.99. The van der Waals surface area contributed by atoms with Crippen LogP contribution in [0.15, 0.2) is 31.0 Å². The van der Waals surface area contributed by atoms with E-state index < -0.39 is 0 Å². The van der Waals surface area contributed by atoms with Crippen molar-refractivity contribution >= 4 is 28.5 Å². The van der Waals surface area contributed by atoms with Crippen LogP contribution in [0.5, 0.6) is 0 Å². The van der Waals surface area contributed by atoms with Gasteiger partial charge in [-0.05, 0) is 19.4 Å². The van der Waals surface area contributed by atoms with Crippen molar-refractivity contribution in [2.45, 2.75) is 18.9 Å². The Balaban J connectivity index is 1.64. The van der Waals surface area contributed by atoms with Crippen molar-refractivity contribution in [3.05, 3.63) is 36.1 Å². The van der Waals surface area contributed by atoms with E-state index in [0.29, 0.717) is 17.0 Å². The second-order valence-electron chi connectivity index (χ2n) is 5.56. The highest BCUT2D eigenvalue weighted by molar-refractivity contribution is 6.29. The zero-order valence-electron chi connectivity index (χ0n) is 12.4. The summed E-state index contributed by atoms with van der Waals surface area (Å²) in [5.74, 6) is 1.46. The van der Waals surface area contributed by atoms with Gasteiger partial charge in [-0.15, -0.1) is 0 Å². The number of nitrogens with zero attached hydrogens (tertiary/aromatic N) is 5. The Hall–Kier alpha value is -2.25. The molecule has 0 saturated carbocycles. The summed E-state index contributed by atoms with van der Waals surface area (Å²) in [4.78, 5) is 17.4. The van der Waals surface area contributed by atoms with Gasteiger partial charge in [-0.3, -0.25) is 9.55 Å². The molecular weight excluding hydrogens is 314 g/mol. The van der Waals surface area contributed by atoms with Gasteiger partial charge in [0.1, 0.15) is 17.3 Å². The van der Waals surface area contributed by atoms with Gasteiger partial charge in [-0.1, -0.05) is 11.6 Å². The van der Waals surface area contributed by atoms with Crippen molar-refractivity contribution in [1.29, 1.82) is 0 Å². The lowest BCUT2D eigenvalue weighted by atomic mass is 10.1. The van der Waals surface area contributed by atoms with Crippen molar-refractivity contribution in [2.24, 2.45) is 0 Å². The number of hydrogen-bond donors (Lipinski definition) is 2. The number of imidazole rings is 1. The van der Waals surface area contributed by atoms with Gasteiger partial charge >= 0.3 is 0 Å². The van der Waals surface area contributed by atoms with Gasteiger partial charge in [0.05, 0.1) is 29.6 Å². The lowest BCUT2D eigenvalue weighted by Gasteiger charge is -2.24. The third-order valence-corrected chi connectivity index (χ3v) is 4.12. The molecule has 4 rings (SSSR count). The van der Waals surface area contributed by atoms with Crippen LogP contribution in [0.3, 0.4) is 0 Å².